The van der Waals surface area contributed by atoms with E-state index in [1.54, 1.807) is 18.6 Å². The van der Waals surface area contributed by atoms with E-state index in [0.29, 0.717) is 18.5 Å². The molecule has 0 unspecified atom stereocenters. The number of ether oxygens (including phenoxy) is 1. The van der Waals surface area contributed by atoms with Gasteiger partial charge in [0.1, 0.15) is 0 Å². The Labute approximate surface area is 117 Å². The monoisotopic (exact) mass is 281 g/mol. The Hall–Kier alpha value is -1.35. The number of amides is 1. The number of thiophene rings is 1. The first-order valence-corrected chi connectivity index (χ1v) is 6.88. The Kier molecular flexibility index (Phi) is 6.03. The zero-order chi connectivity index (χ0) is 14.3. The molecule has 1 aromatic heterocycles. The largest absolute Gasteiger partial charge is 0.395 e. The van der Waals surface area contributed by atoms with Crippen LogP contribution in [0.4, 0.5) is 0 Å². The minimum Gasteiger partial charge on any atom is -0.395 e. The number of aliphatic hydroxyl groups is 1. The average molecular weight is 281 g/mol. The van der Waals surface area contributed by atoms with Crippen molar-refractivity contribution < 1.29 is 14.6 Å². The predicted octanol–water partition coefficient (Wildman–Crippen LogP) is 1.64. The molecule has 104 valence electrons. The first kappa shape index (κ1) is 15.7. The third-order valence-electron chi connectivity index (χ3n) is 2.54. The van der Waals surface area contributed by atoms with E-state index in [4.69, 9.17) is 9.84 Å². The van der Waals surface area contributed by atoms with E-state index in [9.17, 15) is 4.79 Å². The maximum atomic E-state index is 11.9. The van der Waals surface area contributed by atoms with Crippen molar-refractivity contribution in [2.45, 2.75) is 25.9 Å². The van der Waals surface area contributed by atoms with Crippen molar-refractivity contribution in [1.29, 1.82) is 0 Å². The lowest BCUT2D eigenvalue weighted by Crippen LogP contribution is -2.39. The fraction of sp³-hybridized carbons (Fsp3) is 0.500. The molecule has 1 amide bonds. The minimum atomic E-state index is -0.380. The molecule has 0 aliphatic carbocycles. The molecule has 0 saturated carbocycles. The second-order valence-corrected chi connectivity index (χ2v) is 5.53. The van der Waals surface area contributed by atoms with Gasteiger partial charge in [0.2, 0.25) is 0 Å². The Morgan fingerprint density at radius 3 is 2.95 bits per heavy atom. The fourth-order valence-electron chi connectivity index (χ4n) is 1.19. The lowest BCUT2D eigenvalue weighted by atomic mass is 10.1. The Morgan fingerprint density at radius 1 is 1.58 bits per heavy atom. The van der Waals surface area contributed by atoms with Crippen molar-refractivity contribution in [2.24, 2.45) is 0 Å². The van der Waals surface area contributed by atoms with Crippen LogP contribution in [0.25, 0.3) is 0 Å². The van der Waals surface area contributed by atoms with E-state index >= 15 is 0 Å². The summed E-state index contributed by atoms with van der Waals surface area (Å²) in [6.45, 7) is 4.32. The van der Waals surface area contributed by atoms with E-state index in [1.165, 1.54) is 11.3 Å². The molecule has 2 N–H and O–H groups in total. The number of aliphatic hydroxyl groups excluding tert-OH is 1. The number of carbonyl (C=O) groups excluding carboxylic acids is 1. The summed E-state index contributed by atoms with van der Waals surface area (Å²) in [6.07, 6.45) is 0.446. The number of nitrogens with one attached hydrogen (secondary N) is 1. The summed E-state index contributed by atoms with van der Waals surface area (Å²) in [5, 5.41) is 13.2. The summed E-state index contributed by atoms with van der Waals surface area (Å²) < 4.78 is 5.24. The van der Waals surface area contributed by atoms with Crippen molar-refractivity contribution in [3.63, 3.8) is 0 Å². The first-order chi connectivity index (χ1) is 8.98. The van der Waals surface area contributed by atoms with Gasteiger partial charge >= 0.3 is 0 Å². The maximum absolute atomic E-state index is 11.9. The zero-order valence-corrected chi connectivity index (χ0v) is 12.3. The number of hydrogen-bond acceptors (Lipinski definition) is 4. The van der Waals surface area contributed by atoms with Gasteiger partial charge in [0.05, 0.1) is 22.6 Å². The van der Waals surface area contributed by atoms with Crippen LogP contribution in [0.5, 0.6) is 0 Å². The van der Waals surface area contributed by atoms with Crippen molar-refractivity contribution in [3.8, 4) is 11.8 Å². The molecule has 0 bridgehead atoms. The Balaban J connectivity index is 2.57. The van der Waals surface area contributed by atoms with Gasteiger partial charge in [-0.05, 0) is 19.9 Å². The quantitative estimate of drug-likeness (QED) is 0.807. The van der Waals surface area contributed by atoms with Crippen LogP contribution in [0, 0.1) is 11.8 Å². The summed E-state index contributed by atoms with van der Waals surface area (Å²) in [6, 6.07) is 1.75. The predicted molar refractivity (Wildman–Crippen MR) is 76.3 cm³/mol. The van der Waals surface area contributed by atoms with Crippen LogP contribution in [0.2, 0.25) is 0 Å². The molecule has 5 heteroatoms. The van der Waals surface area contributed by atoms with Gasteiger partial charge in [-0.1, -0.05) is 11.8 Å². The summed E-state index contributed by atoms with van der Waals surface area (Å²) >= 11 is 1.42. The minimum absolute atomic E-state index is 0.0534. The maximum Gasteiger partial charge on any atom is 0.252 e. The van der Waals surface area contributed by atoms with Crippen LogP contribution in [-0.2, 0) is 4.74 Å². The molecule has 0 fully saturated rings. The fourth-order valence-corrected chi connectivity index (χ4v) is 1.95. The van der Waals surface area contributed by atoms with Gasteiger partial charge in [-0.15, -0.1) is 11.3 Å². The van der Waals surface area contributed by atoms with E-state index in [0.717, 1.165) is 4.88 Å². The second kappa shape index (κ2) is 7.29. The highest BCUT2D eigenvalue weighted by Crippen LogP contribution is 2.14. The molecule has 1 heterocycles. The highest BCUT2D eigenvalue weighted by atomic mass is 32.1. The van der Waals surface area contributed by atoms with Gasteiger partial charge in [-0.2, -0.15) is 0 Å². The van der Waals surface area contributed by atoms with E-state index in [2.05, 4.69) is 17.2 Å². The van der Waals surface area contributed by atoms with Gasteiger partial charge < -0.3 is 15.2 Å². The normalized spacial score (nSPS) is 10.7. The molecule has 1 rings (SSSR count). The summed E-state index contributed by atoms with van der Waals surface area (Å²) in [7, 11) is 1.62. The standard InChI is InChI=1S/C14H19NO3S/c1-14(2,18-3)10-15-13(17)11-8-12(19-9-11)6-4-5-7-16/h8-9,16H,5,7,10H2,1-3H3,(H,15,17). The molecule has 19 heavy (non-hydrogen) atoms. The molecule has 4 nitrogen and oxygen atoms in total. The smallest absolute Gasteiger partial charge is 0.252 e. The lowest BCUT2D eigenvalue weighted by Gasteiger charge is -2.22. The zero-order valence-electron chi connectivity index (χ0n) is 11.4. The number of methoxy groups -OCH3 is 1. The first-order valence-electron chi connectivity index (χ1n) is 6.00. The topological polar surface area (TPSA) is 58.6 Å². The van der Waals surface area contributed by atoms with Gasteiger partial charge in [-0.25, -0.2) is 0 Å². The van der Waals surface area contributed by atoms with Crippen molar-refractivity contribution in [3.05, 3.63) is 21.9 Å². The second-order valence-electron chi connectivity index (χ2n) is 4.62. The molecule has 0 aliphatic rings. The Morgan fingerprint density at radius 2 is 2.32 bits per heavy atom. The number of carbonyl (C=O) groups is 1. The number of rotatable bonds is 5. The van der Waals surface area contributed by atoms with E-state index in [-0.39, 0.29) is 18.1 Å². The summed E-state index contributed by atoms with van der Waals surface area (Å²) in [4.78, 5) is 12.7. The number of hydrogen-bond donors (Lipinski definition) is 2. The van der Waals surface area contributed by atoms with E-state index in [1.807, 2.05) is 13.8 Å². The van der Waals surface area contributed by atoms with Gasteiger partial charge in [0.15, 0.2) is 0 Å². The van der Waals surface area contributed by atoms with Crippen LogP contribution in [0.1, 0.15) is 35.5 Å². The molecule has 0 radical (unpaired) electrons. The molecule has 0 saturated heterocycles. The average Bonchev–Trinajstić information content (AvgIpc) is 2.85. The van der Waals surface area contributed by atoms with Crippen molar-refractivity contribution in [1.82, 2.24) is 5.32 Å². The molecule has 0 atom stereocenters. The molecular weight excluding hydrogens is 262 g/mol. The Bertz CT molecular complexity index is 482. The molecule has 0 spiro atoms. The summed E-state index contributed by atoms with van der Waals surface area (Å²) in [5.74, 6) is 5.61. The van der Waals surface area contributed by atoms with E-state index < -0.39 is 0 Å². The highest BCUT2D eigenvalue weighted by molar-refractivity contribution is 7.10. The molecule has 1 aromatic rings. The summed E-state index contributed by atoms with van der Waals surface area (Å²) in [5.41, 5.74) is 0.223. The molecular formula is C14H19NO3S. The molecule has 0 aromatic carbocycles. The van der Waals surface area contributed by atoms with Crippen LogP contribution in [0.3, 0.4) is 0 Å². The SMILES string of the molecule is COC(C)(C)CNC(=O)c1csc(C#CCCO)c1. The van der Waals surface area contributed by atoms with Gasteiger partial charge in [-0.3, -0.25) is 4.79 Å². The van der Waals surface area contributed by atoms with Crippen LogP contribution >= 0.6 is 11.3 Å². The van der Waals surface area contributed by atoms with Crippen molar-refractivity contribution in [2.75, 3.05) is 20.3 Å². The molecule has 0 aliphatic heterocycles. The van der Waals surface area contributed by atoms with Gasteiger partial charge in [0.25, 0.3) is 5.91 Å². The van der Waals surface area contributed by atoms with Gasteiger partial charge in [0, 0.05) is 25.5 Å². The van der Waals surface area contributed by atoms with Crippen LogP contribution < -0.4 is 5.32 Å². The third kappa shape index (κ3) is 5.43. The van der Waals surface area contributed by atoms with Crippen molar-refractivity contribution >= 4 is 17.2 Å². The van der Waals surface area contributed by atoms with Crippen LogP contribution in [-0.4, -0.2) is 36.9 Å². The van der Waals surface area contributed by atoms with Crippen LogP contribution in [0.15, 0.2) is 11.4 Å². The lowest BCUT2D eigenvalue weighted by molar-refractivity contribution is 0.0229. The third-order valence-corrected chi connectivity index (χ3v) is 3.38. The highest BCUT2D eigenvalue weighted by Gasteiger charge is 2.18.